The molecule has 1 aliphatic rings. The van der Waals surface area contributed by atoms with E-state index in [2.05, 4.69) is 10.1 Å². The van der Waals surface area contributed by atoms with E-state index in [1.165, 1.54) is 25.3 Å². The van der Waals surface area contributed by atoms with Gasteiger partial charge in [0.1, 0.15) is 0 Å². The number of methoxy groups -OCH3 is 1. The van der Waals surface area contributed by atoms with Crippen molar-refractivity contribution in [2.75, 3.05) is 20.2 Å². The van der Waals surface area contributed by atoms with Crippen LogP contribution >= 0.6 is 0 Å². The zero-order valence-electron chi connectivity index (χ0n) is 17.1. The molecular weight excluding hydrogens is 406 g/mol. The fraction of sp³-hybridized carbons (Fsp3) is 0.304. The molecule has 0 radical (unpaired) electrons. The predicted molar refractivity (Wildman–Crippen MR) is 112 cm³/mol. The highest BCUT2D eigenvalue weighted by molar-refractivity contribution is 5.94. The molecule has 2 aromatic rings. The second-order valence-corrected chi connectivity index (χ2v) is 7.03. The van der Waals surface area contributed by atoms with E-state index in [-0.39, 0.29) is 29.4 Å². The van der Waals surface area contributed by atoms with Gasteiger partial charge in [0.2, 0.25) is 5.91 Å². The highest BCUT2D eigenvalue weighted by Crippen LogP contribution is 2.33. The van der Waals surface area contributed by atoms with Gasteiger partial charge in [0.15, 0.2) is 11.5 Å². The molecule has 164 valence electrons. The van der Waals surface area contributed by atoms with Gasteiger partial charge in [0.25, 0.3) is 5.91 Å². The summed E-state index contributed by atoms with van der Waals surface area (Å²) in [5, 5.41) is 2.99. The number of carbonyl (C=O) groups excluding carboxylic acids is 2. The maximum Gasteiger partial charge on any atom is 0.387 e. The molecule has 1 N–H and O–H groups in total. The van der Waals surface area contributed by atoms with Crippen LogP contribution in [-0.2, 0) is 4.79 Å². The van der Waals surface area contributed by atoms with Crippen LogP contribution in [0.15, 0.2) is 54.6 Å². The molecule has 8 heteroatoms. The normalized spacial score (nSPS) is 14.6. The Morgan fingerprint density at radius 1 is 1.10 bits per heavy atom. The second kappa shape index (κ2) is 10.6. The van der Waals surface area contributed by atoms with Crippen molar-refractivity contribution >= 4 is 17.9 Å². The first-order valence-electron chi connectivity index (χ1n) is 9.92. The van der Waals surface area contributed by atoms with Crippen LogP contribution in [0, 0.1) is 0 Å². The zero-order valence-corrected chi connectivity index (χ0v) is 17.1. The summed E-state index contributed by atoms with van der Waals surface area (Å²) in [5.41, 5.74) is 0.919. The number of para-hydroxylation sites is 1. The van der Waals surface area contributed by atoms with Gasteiger partial charge >= 0.3 is 6.61 Å². The molecule has 1 aliphatic heterocycles. The smallest absolute Gasteiger partial charge is 0.387 e. The van der Waals surface area contributed by atoms with Crippen LogP contribution in [0.5, 0.6) is 11.5 Å². The van der Waals surface area contributed by atoms with E-state index in [9.17, 15) is 18.4 Å². The quantitative estimate of drug-likeness (QED) is 0.680. The summed E-state index contributed by atoms with van der Waals surface area (Å²) in [6.45, 7) is -2.03. The highest BCUT2D eigenvalue weighted by atomic mass is 19.3. The standard InChI is InChI=1S/C23H24F2N2O4/c1-30-19-9-5-8-16(21(19)31-23(24)25)10-11-20(28)27-14-12-18(13-15-27)26-22(29)17-6-3-2-4-7-17/h2-11,18,23H,12-15H2,1H3,(H,26,29)/b11-10+. The molecule has 6 nitrogen and oxygen atoms in total. The summed E-state index contributed by atoms with van der Waals surface area (Å²) in [6, 6.07) is 13.7. The van der Waals surface area contributed by atoms with E-state index in [1.54, 1.807) is 29.2 Å². The van der Waals surface area contributed by atoms with Crippen molar-refractivity contribution < 1.29 is 27.8 Å². The first-order valence-corrected chi connectivity index (χ1v) is 9.92. The third-order valence-electron chi connectivity index (χ3n) is 5.02. The van der Waals surface area contributed by atoms with Gasteiger partial charge in [-0.15, -0.1) is 0 Å². The number of piperidine rings is 1. The Balaban J connectivity index is 1.57. The second-order valence-electron chi connectivity index (χ2n) is 7.03. The Kier molecular flexibility index (Phi) is 7.59. The maximum absolute atomic E-state index is 12.7. The molecule has 0 unspecified atom stereocenters. The molecule has 0 saturated carbocycles. The Morgan fingerprint density at radius 3 is 2.45 bits per heavy atom. The van der Waals surface area contributed by atoms with Crippen LogP contribution in [0.4, 0.5) is 8.78 Å². The number of hydrogen-bond donors (Lipinski definition) is 1. The van der Waals surface area contributed by atoms with Gasteiger partial charge in [-0.3, -0.25) is 9.59 Å². The van der Waals surface area contributed by atoms with E-state index in [4.69, 9.17) is 4.74 Å². The molecule has 2 amide bonds. The summed E-state index contributed by atoms with van der Waals surface area (Å²) < 4.78 is 35.1. The molecule has 31 heavy (non-hydrogen) atoms. The number of benzene rings is 2. The largest absolute Gasteiger partial charge is 0.493 e. The van der Waals surface area contributed by atoms with Gasteiger partial charge in [0.05, 0.1) is 7.11 Å². The number of ether oxygens (including phenoxy) is 2. The minimum atomic E-state index is -3.01. The number of hydrogen-bond acceptors (Lipinski definition) is 4. The van der Waals surface area contributed by atoms with Gasteiger partial charge in [-0.25, -0.2) is 0 Å². The third kappa shape index (κ3) is 6.04. The summed E-state index contributed by atoms with van der Waals surface area (Å²) in [4.78, 5) is 26.5. The highest BCUT2D eigenvalue weighted by Gasteiger charge is 2.23. The van der Waals surface area contributed by atoms with E-state index < -0.39 is 6.61 Å². The van der Waals surface area contributed by atoms with Crippen LogP contribution in [0.3, 0.4) is 0 Å². The fourth-order valence-corrected chi connectivity index (χ4v) is 3.41. The monoisotopic (exact) mass is 430 g/mol. The Morgan fingerprint density at radius 2 is 1.81 bits per heavy atom. The number of carbonyl (C=O) groups is 2. The topological polar surface area (TPSA) is 67.9 Å². The first-order chi connectivity index (χ1) is 15.0. The number of alkyl halides is 2. The third-order valence-corrected chi connectivity index (χ3v) is 5.02. The van der Waals surface area contributed by atoms with Crippen LogP contribution in [0.2, 0.25) is 0 Å². The molecule has 0 bridgehead atoms. The van der Waals surface area contributed by atoms with Gasteiger partial charge in [-0.2, -0.15) is 8.78 Å². The molecule has 1 heterocycles. The van der Waals surface area contributed by atoms with E-state index in [1.807, 2.05) is 18.2 Å². The lowest BCUT2D eigenvalue weighted by Crippen LogP contribution is -2.46. The van der Waals surface area contributed by atoms with E-state index in [0.717, 1.165) is 0 Å². The summed E-state index contributed by atoms with van der Waals surface area (Å²) in [7, 11) is 1.35. The first kappa shape index (κ1) is 22.3. The molecule has 1 saturated heterocycles. The molecule has 0 aromatic heterocycles. The minimum absolute atomic E-state index is 0.00911. The van der Waals surface area contributed by atoms with Crippen LogP contribution < -0.4 is 14.8 Å². The number of halogens is 2. The van der Waals surface area contributed by atoms with Crippen LogP contribution in [-0.4, -0.2) is 49.6 Å². The van der Waals surface area contributed by atoms with Crippen molar-refractivity contribution in [3.05, 3.63) is 65.7 Å². The molecule has 2 aromatic carbocycles. The molecule has 3 rings (SSSR count). The van der Waals surface area contributed by atoms with Crippen molar-refractivity contribution in [2.45, 2.75) is 25.5 Å². The Labute approximate surface area is 179 Å². The van der Waals surface area contributed by atoms with Crippen LogP contribution in [0.25, 0.3) is 6.08 Å². The Hall–Kier alpha value is -3.42. The van der Waals surface area contributed by atoms with Gasteiger partial charge in [-0.1, -0.05) is 30.3 Å². The molecule has 0 spiro atoms. The molecule has 0 aliphatic carbocycles. The molecule has 0 atom stereocenters. The Bertz CT molecular complexity index is 926. The number of nitrogens with zero attached hydrogens (tertiary/aromatic N) is 1. The molecular formula is C23H24F2N2O4. The average molecular weight is 430 g/mol. The van der Waals surface area contributed by atoms with Crippen molar-refractivity contribution in [3.63, 3.8) is 0 Å². The molecule has 1 fully saturated rings. The summed E-state index contributed by atoms with van der Waals surface area (Å²) >= 11 is 0. The predicted octanol–water partition coefficient (Wildman–Crippen LogP) is 3.73. The van der Waals surface area contributed by atoms with Gasteiger partial charge in [-0.05, 0) is 37.1 Å². The maximum atomic E-state index is 12.7. The van der Waals surface area contributed by atoms with Crippen LogP contribution in [0.1, 0.15) is 28.8 Å². The number of likely N-dealkylation sites (tertiary alicyclic amines) is 1. The summed E-state index contributed by atoms with van der Waals surface area (Å²) in [5.74, 6) is -0.329. The van der Waals surface area contributed by atoms with Crippen molar-refractivity contribution in [2.24, 2.45) is 0 Å². The lowest BCUT2D eigenvalue weighted by atomic mass is 10.0. The van der Waals surface area contributed by atoms with E-state index in [0.29, 0.717) is 37.1 Å². The lowest BCUT2D eigenvalue weighted by molar-refractivity contribution is -0.127. The average Bonchev–Trinajstić information content (AvgIpc) is 2.78. The minimum Gasteiger partial charge on any atom is -0.493 e. The number of nitrogens with one attached hydrogen (secondary N) is 1. The van der Waals surface area contributed by atoms with E-state index >= 15 is 0 Å². The number of rotatable bonds is 7. The van der Waals surface area contributed by atoms with Crippen molar-refractivity contribution in [1.82, 2.24) is 10.2 Å². The number of amides is 2. The van der Waals surface area contributed by atoms with Gasteiger partial charge < -0.3 is 19.7 Å². The van der Waals surface area contributed by atoms with Crippen molar-refractivity contribution in [1.29, 1.82) is 0 Å². The zero-order chi connectivity index (χ0) is 22.2. The lowest BCUT2D eigenvalue weighted by Gasteiger charge is -2.31. The fourth-order valence-electron chi connectivity index (χ4n) is 3.41. The van der Waals surface area contributed by atoms with Crippen molar-refractivity contribution in [3.8, 4) is 11.5 Å². The summed E-state index contributed by atoms with van der Waals surface area (Å²) in [6.07, 6.45) is 4.04. The van der Waals surface area contributed by atoms with Gasteiger partial charge in [0, 0.05) is 36.3 Å². The SMILES string of the molecule is COc1cccc(/C=C/C(=O)N2CCC(NC(=O)c3ccccc3)CC2)c1OC(F)F.